The molecule has 0 radical (unpaired) electrons. The highest BCUT2D eigenvalue weighted by Gasteiger charge is 2.09. The molecule has 1 rings (SSSR count). The summed E-state index contributed by atoms with van der Waals surface area (Å²) in [4.78, 5) is 10.0. The molecular weight excluding hydrogens is 235 g/mol. The third-order valence-electron chi connectivity index (χ3n) is 2.24. The first-order chi connectivity index (χ1) is 8.29. The van der Waals surface area contributed by atoms with Gasteiger partial charge in [0.2, 0.25) is 0 Å². The van der Waals surface area contributed by atoms with E-state index in [1.165, 1.54) is 6.07 Å². The van der Waals surface area contributed by atoms with Crippen LogP contribution in [0.1, 0.15) is 26.3 Å². The van der Waals surface area contributed by atoms with Crippen LogP contribution in [0.15, 0.2) is 24.3 Å². The standard InChI is InChI=1S/C13H17FN2O2/c1-13(2,3)15-8-4-5-10-9-11(16(17)18)6-7-12(10)14/h4-7,9,15H,8H2,1-3H3/b5-4+. The van der Waals surface area contributed by atoms with E-state index in [4.69, 9.17) is 0 Å². The van der Waals surface area contributed by atoms with E-state index in [2.05, 4.69) is 5.32 Å². The first-order valence-corrected chi connectivity index (χ1v) is 5.65. The van der Waals surface area contributed by atoms with Gasteiger partial charge in [0.05, 0.1) is 4.92 Å². The quantitative estimate of drug-likeness (QED) is 0.661. The third kappa shape index (κ3) is 4.63. The van der Waals surface area contributed by atoms with Gasteiger partial charge in [-0.3, -0.25) is 10.1 Å². The van der Waals surface area contributed by atoms with Crippen molar-refractivity contribution >= 4 is 11.8 Å². The lowest BCUT2D eigenvalue weighted by molar-refractivity contribution is -0.384. The molecule has 0 fully saturated rings. The average Bonchev–Trinajstić information content (AvgIpc) is 2.24. The lowest BCUT2D eigenvalue weighted by Crippen LogP contribution is -2.35. The summed E-state index contributed by atoms with van der Waals surface area (Å²) in [5.74, 6) is -0.465. The van der Waals surface area contributed by atoms with Crippen LogP contribution in [-0.4, -0.2) is 17.0 Å². The average molecular weight is 252 g/mol. The molecule has 1 aromatic carbocycles. The number of non-ortho nitro benzene ring substituents is 1. The molecule has 5 heteroatoms. The highest BCUT2D eigenvalue weighted by molar-refractivity contribution is 5.54. The number of nitro groups is 1. The van der Waals surface area contributed by atoms with E-state index >= 15 is 0 Å². The van der Waals surface area contributed by atoms with Crippen LogP contribution in [0.25, 0.3) is 6.08 Å². The highest BCUT2D eigenvalue weighted by Crippen LogP contribution is 2.17. The second-order valence-electron chi connectivity index (χ2n) is 5.00. The zero-order valence-corrected chi connectivity index (χ0v) is 10.7. The first-order valence-electron chi connectivity index (χ1n) is 5.65. The predicted octanol–water partition coefficient (Wildman–Crippen LogP) is 3.14. The maximum Gasteiger partial charge on any atom is 0.270 e. The topological polar surface area (TPSA) is 55.2 Å². The van der Waals surface area contributed by atoms with Crippen LogP contribution in [0, 0.1) is 15.9 Å². The van der Waals surface area contributed by atoms with Crippen LogP contribution in [0.5, 0.6) is 0 Å². The summed E-state index contributed by atoms with van der Waals surface area (Å²) in [5, 5.41) is 13.8. The van der Waals surface area contributed by atoms with Gasteiger partial charge >= 0.3 is 0 Å². The third-order valence-corrected chi connectivity index (χ3v) is 2.24. The molecule has 4 nitrogen and oxygen atoms in total. The van der Waals surface area contributed by atoms with Crippen LogP contribution >= 0.6 is 0 Å². The molecule has 0 amide bonds. The highest BCUT2D eigenvalue weighted by atomic mass is 19.1. The fraction of sp³-hybridized carbons (Fsp3) is 0.385. The van der Waals surface area contributed by atoms with E-state index < -0.39 is 10.7 Å². The van der Waals surface area contributed by atoms with Crippen molar-refractivity contribution < 1.29 is 9.31 Å². The summed E-state index contributed by atoms with van der Waals surface area (Å²) in [7, 11) is 0. The molecule has 0 aliphatic heterocycles. The minimum absolute atomic E-state index is 0.0223. The zero-order chi connectivity index (χ0) is 13.8. The van der Waals surface area contributed by atoms with Crippen molar-refractivity contribution in [2.75, 3.05) is 6.54 Å². The Morgan fingerprint density at radius 1 is 1.44 bits per heavy atom. The molecule has 18 heavy (non-hydrogen) atoms. The summed E-state index contributed by atoms with van der Waals surface area (Å²) >= 11 is 0. The number of halogens is 1. The molecule has 1 N–H and O–H groups in total. The van der Waals surface area contributed by atoms with Crippen molar-refractivity contribution in [1.82, 2.24) is 5.32 Å². The Bertz CT molecular complexity index is 465. The molecule has 0 atom stereocenters. The number of nitro benzene ring substituents is 1. The van der Waals surface area contributed by atoms with Gasteiger partial charge in [-0.1, -0.05) is 12.2 Å². The van der Waals surface area contributed by atoms with Gasteiger partial charge in [-0.15, -0.1) is 0 Å². The molecule has 0 saturated heterocycles. The van der Waals surface area contributed by atoms with Gasteiger partial charge in [0.1, 0.15) is 5.82 Å². The number of hydrogen-bond donors (Lipinski definition) is 1. The summed E-state index contributed by atoms with van der Waals surface area (Å²) in [5.41, 5.74) is 0.0886. The Morgan fingerprint density at radius 3 is 2.67 bits per heavy atom. The van der Waals surface area contributed by atoms with Crippen molar-refractivity contribution in [3.63, 3.8) is 0 Å². The molecule has 0 unspecified atom stereocenters. The number of rotatable bonds is 4. The van der Waals surface area contributed by atoms with Crippen molar-refractivity contribution in [3.05, 3.63) is 45.8 Å². The minimum atomic E-state index is -0.538. The molecule has 1 aromatic rings. The van der Waals surface area contributed by atoms with Gasteiger partial charge in [0.15, 0.2) is 0 Å². The lowest BCUT2D eigenvalue weighted by Gasteiger charge is -2.18. The Labute approximate surface area is 106 Å². The molecule has 0 aliphatic carbocycles. The van der Waals surface area contributed by atoms with Crippen LogP contribution < -0.4 is 5.32 Å². The van der Waals surface area contributed by atoms with Gasteiger partial charge in [0, 0.05) is 29.8 Å². The second-order valence-corrected chi connectivity index (χ2v) is 5.00. The van der Waals surface area contributed by atoms with E-state index in [9.17, 15) is 14.5 Å². The molecule has 0 saturated carbocycles. The summed E-state index contributed by atoms with van der Waals surface area (Å²) in [6.45, 7) is 6.64. The van der Waals surface area contributed by atoms with Gasteiger partial charge in [0.25, 0.3) is 5.69 Å². The largest absolute Gasteiger partial charge is 0.309 e. The fourth-order valence-electron chi connectivity index (χ4n) is 1.32. The normalized spacial score (nSPS) is 12.0. The van der Waals surface area contributed by atoms with Gasteiger partial charge in [-0.05, 0) is 26.8 Å². The Kier molecular flexibility index (Phi) is 4.55. The second kappa shape index (κ2) is 5.73. The van der Waals surface area contributed by atoms with Gasteiger partial charge < -0.3 is 5.32 Å². The molecule has 98 valence electrons. The van der Waals surface area contributed by atoms with Crippen LogP contribution in [-0.2, 0) is 0 Å². The van der Waals surface area contributed by atoms with Crippen molar-refractivity contribution in [1.29, 1.82) is 0 Å². The van der Waals surface area contributed by atoms with E-state index in [0.29, 0.717) is 6.54 Å². The van der Waals surface area contributed by atoms with Crippen LogP contribution in [0.2, 0.25) is 0 Å². The minimum Gasteiger partial charge on any atom is -0.309 e. The number of hydrogen-bond acceptors (Lipinski definition) is 3. The summed E-state index contributed by atoms with van der Waals surface area (Å²) < 4.78 is 13.4. The predicted molar refractivity (Wildman–Crippen MR) is 69.8 cm³/mol. The van der Waals surface area contributed by atoms with Crippen LogP contribution in [0.4, 0.5) is 10.1 Å². The first kappa shape index (κ1) is 14.3. The summed E-state index contributed by atoms with van der Waals surface area (Å²) in [6, 6.07) is 3.48. The number of benzene rings is 1. The monoisotopic (exact) mass is 252 g/mol. The molecule has 0 bridgehead atoms. The van der Waals surface area contributed by atoms with Crippen molar-refractivity contribution in [2.24, 2.45) is 0 Å². The number of nitrogens with zero attached hydrogens (tertiary/aromatic N) is 1. The fourth-order valence-corrected chi connectivity index (χ4v) is 1.32. The molecule has 0 aliphatic rings. The Balaban J connectivity index is 2.74. The maximum atomic E-state index is 13.4. The Morgan fingerprint density at radius 2 is 2.11 bits per heavy atom. The molecule has 0 spiro atoms. The van der Waals surface area contributed by atoms with Crippen LogP contribution in [0.3, 0.4) is 0 Å². The van der Waals surface area contributed by atoms with Gasteiger partial charge in [-0.2, -0.15) is 0 Å². The van der Waals surface area contributed by atoms with Crippen molar-refractivity contribution in [2.45, 2.75) is 26.3 Å². The zero-order valence-electron chi connectivity index (χ0n) is 10.7. The Hall–Kier alpha value is -1.75. The molecular formula is C13H17FN2O2. The lowest BCUT2D eigenvalue weighted by atomic mass is 10.1. The van der Waals surface area contributed by atoms with Gasteiger partial charge in [-0.25, -0.2) is 4.39 Å². The summed E-state index contributed by atoms with van der Waals surface area (Å²) in [6.07, 6.45) is 3.29. The molecule has 0 heterocycles. The smallest absolute Gasteiger partial charge is 0.270 e. The number of nitrogens with one attached hydrogen (secondary N) is 1. The van der Waals surface area contributed by atoms with E-state index in [0.717, 1.165) is 12.1 Å². The maximum absolute atomic E-state index is 13.4. The van der Waals surface area contributed by atoms with E-state index in [-0.39, 0.29) is 16.8 Å². The van der Waals surface area contributed by atoms with Crippen molar-refractivity contribution in [3.8, 4) is 0 Å². The SMILES string of the molecule is CC(C)(C)NC/C=C/c1cc([N+](=O)[O-])ccc1F. The van der Waals surface area contributed by atoms with E-state index in [1.807, 2.05) is 20.8 Å². The van der Waals surface area contributed by atoms with E-state index in [1.54, 1.807) is 12.2 Å². The molecule has 0 aromatic heterocycles.